The van der Waals surface area contributed by atoms with E-state index in [1.807, 2.05) is 44.2 Å². The van der Waals surface area contributed by atoms with Gasteiger partial charge in [-0.1, -0.05) is 48.0 Å². The number of aryl methyl sites for hydroxylation is 5. The number of nitrogens with zero attached hydrogens (tertiary/aromatic N) is 1. The van der Waals surface area contributed by atoms with Crippen molar-refractivity contribution in [2.75, 3.05) is 11.6 Å². The Bertz CT molecular complexity index is 1410. The summed E-state index contributed by atoms with van der Waals surface area (Å²) in [7, 11) is 0. The molecule has 0 spiro atoms. The lowest BCUT2D eigenvalue weighted by atomic mass is 9.95. The molecule has 1 aliphatic heterocycles. The third kappa shape index (κ3) is 3.70. The highest BCUT2D eigenvalue weighted by atomic mass is 16.5. The normalized spacial score (nSPS) is 13.2. The molecule has 0 fully saturated rings. The SMILES string of the molecule is Cc1cc(C)c(N2COc3c(cc4c(C)c(Cc5ccccc5)c(=O)oc4c3C)C2)c(C)c1. The number of ether oxygens (including phenoxy) is 1. The molecule has 0 N–H and O–H groups in total. The van der Waals surface area contributed by atoms with Crippen LogP contribution in [0.1, 0.15) is 44.5 Å². The van der Waals surface area contributed by atoms with Crippen LogP contribution in [-0.4, -0.2) is 6.73 Å². The van der Waals surface area contributed by atoms with Gasteiger partial charge in [0.05, 0.1) is 0 Å². The first kappa shape index (κ1) is 21.3. The van der Waals surface area contributed by atoms with Gasteiger partial charge in [0, 0.05) is 40.7 Å². The summed E-state index contributed by atoms with van der Waals surface area (Å²) < 4.78 is 12.1. The molecule has 3 aromatic carbocycles. The quantitative estimate of drug-likeness (QED) is 0.352. The average Bonchev–Trinajstić information content (AvgIpc) is 2.78. The molecule has 0 amide bonds. The molecule has 1 aromatic heterocycles. The first-order chi connectivity index (χ1) is 15.8. The Kier molecular flexibility index (Phi) is 5.24. The number of rotatable bonds is 3. The van der Waals surface area contributed by atoms with Crippen LogP contribution >= 0.6 is 0 Å². The summed E-state index contributed by atoms with van der Waals surface area (Å²) in [5, 5.41) is 0.986. The first-order valence-corrected chi connectivity index (χ1v) is 11.4. The van der Waals surface area contributed by atoms with Gasteiger partial charge in [-0.05, 0) is 62.9 Å². The van der Waals surface area contributed by atoms with Crippen LogP contribution in [0.4, 0.5) is 5.69 Å². The fraction of sp³-hybridized carbons (Fsp3) is 0.276. The van der Waals surface area contributed by atoms with Gasteiger partial charge in [0.15, 0.2) is 6.73 Å². The zero-order valence-corrected chi connectivity index (χ0v) is 19.9. The minimum Gasteiger partial charge on any atom is -0.472 e. The van der Waals surface area contributed by atoms with Crippen molar-refractivity contribution >= 4 is 16.7 Å². The predicted molar refractivity (Wildman–Crippen MR) is 134 cm³/mol. The van der Waals surface area contributed by atoms with Crippen molar-refractivity contribution in [1.82, 2.24) is 0 Å². The number of benzene rings is 3. The largest absolute Gasteiger partial charge is 0.472 e. The van der Waals surface area contributed by atoms with Gasteiger partial charge in [0.2, 0.25) is 0 Å². The van der Waals surface area contributed by atoms with Gasteiger partial charge < -0.3 is 14.1 Å². The molecule has 0 unspecified atom stereocenters. The minimum absolute atomic E-state index is 0.268. The maximum Gasteiger partial charge on any atom is 0.340 e. The molecule has 2 heterocycles. The molecule has 5 rings (SSSR count). The summed E-state index contributed by atoms with van der Waals surface area (Å²) in [6.07, 6.45) is 0.561. The van der Waals surface area contributed by atoms with Gasteiger partial charge in [0.25, 0.3) is 0 Å². The summed E-state index contributed by atoms with van der Waals surface area (Å²) >= 11 is 0. The molecular formula is C29H29NO3. The standard InChI is InChI=1S/C29H29NO3/c1-17-11-18(2)26(19(3)12-17)30-15-23-14-24-20(4)25(13-22-9-7-6-8-10-22)29(31)33-28(24)21(5)27(23)32-16-30/h6-12,14H,13,15-16H2,1-5H3. The zero-order chi connectivity index (χ0) is 23.3. The van der Waals surface area contributed by atoms with Crippen LogP contribution < -0.4 is 15.3 Å². The average molecular weight is 440 g/mol. The second-order valence-electron chi connectivity index (χ2n) is 9.24. The van der Waals surface area contributed by atoms with Crippen LogP contribution in [0.5, 0.6) is 5.75 Å². The fourth-order valence-electron chi connectivity index (χ4n) is 5.26. The van der Waals surface area contributed by atoms with Crippen molar-refractivity contribution in [3.8, 4) is 5.75 Å². The number of fused-ring (bicyclic) bond motifs is 2. The maximum absolute atomic E-state index is 12.9. The Morgan fingerprint density at radius 1 is 0.909 bits per heavy atom. The van der Waals surface area contributed by atoms with E-state index < -0.39 is 0 Å². The summed E-state index contributed by atoms with van der Waals surface area (Å²) in [5.41, 5.74) is 10.2. The summed E-state index contributed by atoms with van der Waals surface area (Å²) in [6.45, 7) is 11.7. The van der Waals surface area contributed by atoms with E-state index >= 15 is 0 Å². The van der Waals surface area contributed by atoms with Crippen molar-refractivity contribution in [2.45, 2.75) is 47.6 Å². The summed E-state index contributed by atoms with van der Waals surface area (Å²) in [6, 6.07) is 16.6. The van der Waals surface area contributed by atoms with Crippen molar-refractivity contribution in [2.24, 2.45) is 0 Å². The minimum atomic E-state index is -0.268. The highest BCUT2D eigenvalue weighted by Gasteiger charge is 2.25. The van der Waals surface area contributed by atoms with Gasteiger partial charge in [-0.2, -0.15) is 0 Å². The van der Waals surface area contributed by atoms with E-state index in [1.165, 1.54) is 22.4 Å². The van der Waals surface area contributed by atoms with Crippen LogP contribution in [0.25, 0.3) is 11.0 Å². The van der Waals surface area contributed by atoms with Gasteiger partial charge in [-0.25, -0.2) is 4.79 Å². The van der Waals surface area contributed by atoms with Gasteiger partial charge in [-0.3, -0.25) is 0 Å². The highest BCUT2D eigenvalue weighted by molar-refractivity contribution is 5.87. The lowest BCUT2D eigenvalue weighted by molar-refractivity contribution is 0.287. The Morgan fingerprint density at radius 3 is 2.30 bits per heavy atom. The molecule has 0 radical (unpaired) electrons. The lowest BCUT2D eigenvalue weighted by Crippen LogP contribution is -2.33. The Balaban J connectivity index is 1.60. The van der Waals surface area contributed by atoms with E-state index in [2.05, 4.69) is 43.9 Å². The Labute approximate surface area is 194 Å². The van der Waals surface area contributed by atoms with Gasteiger partial charge >= 0.3 is 5.63 Å². The van der Waals surface area contributed by atoms with Crippen LogP contribution in [-0.2, 0) is 13.0 Å². The van der Waals surface area contributed by atoms with Gasteiger partial charge in [0.1, 0.15) is 11.3 Å². The van der Waals surface area contributed by atoms with Crippen molar-refractivity contribution in [1.29, 1.82) is 0 Å². The van der Waals surface area contributed by atoms with Crippen LogP contribution in [0.15, 0.2) is 57.7 Å². The highest BCUT2D eigenvalue weighted by Crippen LogP contribution is 2.39. The van der Waals surface area contributed by atoms with Crippen molar-refractivity contribution in [3.63, 3.8) is 0 Å². The first-order valence-electron chi connectivity index (χ1n) is 11.4. The van der Waals surface area contributed by atoms with Crippen LogP contribution in [0.3, 0.4) is 0 Å². The molecule has 4 nitrogen and oxygen atoms in total. The van der Waals surface area contributed by atoms with Crippen LogP contribution in [0.2, 0.25) is 0 Å². The van der Waals surface area contributed by atoms with Crippen molar-refractivity contribution < 1.29 is 9.15 Å². The molecule has 168 valence electrons. The topological polar surface area (TPSA) is 42.7 Å². The zero-order valence-electron chi connectivity index (χ0n) is 19.9. The van der Waals surface area contributed by atoms with Crippen molar-refractivity contribution in [3.05, 3.63) is 103 Å². The smallest absolute Gasteiger partial charge is 0.340 e. The molecule has 0 saturated heterocycles. The number of hydrogen-bond donors (Lipinski definition) is 0. The third-order valence-corrected chi connectivity index (χ3v) is 6.74. The molecule has 4 aromatic rings. The third-order valence-electron chi connectivity index (χ3n) is 6.74. The van der Waals surface area contributed by atoms with E-state index in [0.29, 0.717) is 24.3 Å². The van der Waals surface area contributed by atoms with E-state index in [0.717, 1.165) is 39.9 Å². The monoisotopic (exact) mass is 439 g/mol. The molecular weight excluding hydrogens is 410 g/mol. The fourth-order valence-corrected chi connectivity index (χ4v) is 5.26. The van der Waals surface area contributed by atoms with Crippen LogP contribution in [0, 0.1) is 34.6 Å². The second-order valence-corrected chi connectivity index (χ2v) is 9.24. The Hall–Kier alpha value is -3.53. The molecule has 0 atom stereocenters. The molecule has 0 aliphatic carbocycles. The summed E-state index contributed by atoms with van der Waals surface area (Å²) in [4.78, 5) is 15.2. The van der Waals surface area contributed by atoms with E-state index in [9.17, 15) is 4.79 Å². The number of anilines is 1. The maximum atomic E-state index is 12.9. The molecule has 33 heavy (non-hydrogen) atoms. The van der Waals surface area contributed by atoms with E-state index in [1.54, 1.807) is 0 Å². The number of hydrogen-bond acceptors (Lipinski definition) is 4. The molecule has 0 bridgehead atoms. The molecule has 0 saturated carbocycles. The lowest BCUT2D eigenvalue weighted by Gasteiger charge is -2.34. The van der Waals surface area contributed by atoms with Gasteiger partial charge in [-0.15, -0.1) is 0 Å². The van der Waals surface area contributed by atoms with E-state index in [-0.39, 0.29) is 5.63 Å². The van der Waals surface area contributed by atoms with E-state index in [4.69, 9.17) is 9.15 Å². The molecule has 4 heteroatoms. The predicted octanol–water partition coefficient (Wildman–Crippen LogP) is 6.28. The molecule has 1 aliphatic rings. The summed E-state index contributed by atoms with van der Waals surface area (Å²) in [5.74, 6) is 0.833. The Morgan fingerprint density at radius 2 is 1.61 bits per heavy atom. The second kappa shape index (κ2) is 8.11.